The Kier molecular flexibility index (Phi) is 17.1. The van der Waals surface area contributed by atoms with E-state index in [1.807, 2.05) is 0 Å². The van der Waals surface area contributed by atoms with Crippen molar-refractivity contribution in [3.8, 4) is 5.75 Å². The van der Waals surface area contributed by atoms with Crippen molar-refractivity contribution in [3.05, 3.63) is 101 Å². The highest BCUT2D eigenvalue weighted by Gasteiger charge is 2.13. The summed E-state index contributed by atoms with van der Waals surface area (Å²) >= 11 is 0. The number of ether oxygens (including phenoxy) is 1. The van der Waals surface area contributed by atoms with Crippen molar-refractivity contribution in [1.29, 1.82) is 0 Å². The molecule has 0 aliphatic carbocycles. The molecule has 1 atom stereocenters. The van der Waals surface area contributed by atoms with E-state index in [9.17, 15) is 4.21 Å². The van der Waals surface area contributed by atoms with Gasteiger partial charge >= 0.3 is 0 Å². The average molecular weight is 601 g/mol. The summed E-state index contributed by atoms with van der Waals surface area (Å²) in [7, 11) is -0.581. The molecule has 0 heterocycles. The third-order valence-electron chi connectivity index (χ3n) is 8.27. The molecule has 3 heteroatoms. The van der Waals surface area contributed by atoms with Gasteiger partial charge < -0.3 is 4.74 Å². The molecule has 0 amide bonds. The molecule has 3 aromatic carbocycles. The van der Waals surface area contributed by atoms with E-state index in [-0.39, 0.29) is 0 Å². The smallest absolute Gasteiger partial charge is 0.119 e. The lowest BCUT2D eigenvalue weighted by molar-refractivity contribution is 0.304. The fourth-order valence-corrected chi connectivity index (χ4v) is 6.96. The van der Waals surface area contributed by atoms with Gasteiger partial charge in [-0.05, 0) is 72.6 Å². The molecule has 0 aliphatic heterocycles. The van der Waals surface area contributed by atoms with Crippen molar-refractivity contribution >= 4 is 21.9 Å². The number of aryl methyl sites for hydroxylation is 1. The average Bonchev–Trinajstić information content (AvgIpc) is 3.03. The van der Waals surface area contributed by atoms with Crippen molar-refractivity contribution in [3.63, 3.8) is 0 Å². The second-order valence-electron chi connectivity index (χ2n) is 11.9. The largest absolute Gasteiger partial charge is 0.494 e. The predicted molar refractivity (Wildman–Crippen MR) is 189 cm³/mol. The molecule has 0 radical (unpaired) electrons. The van der Waals surface area contributed by atoms with E-state index in [0.29, 0.717) is 0 Å². The molecule has 1 unspecified atom stereocenters. The minimum atomic E-state index is -0.581. The second-order valence-corrected chi connectivity index (χ2v) is 13.6. The van der Waals surface area contributed by atoms with Crippen LogP contribution in [0.15, 0.2) is 78.9 Å². The number of benzene rings is 3. The summed E-state index contributed by atoms with van der Waals surface area (Å²) in [5.74, 6) is 2.78. The van der Waals surface area contributed by atoms with Crippen LogP contribution < -0.4 is 4.74 Å². The van der Waals surface area contributed by atoms with Crippen molar-refractivity contribution in [2.24, 2.45) is 0 Å². The van der Waals surface area contributed by atoms with Crippen LogP contribution in [0.3, 0.4) is 0 Å². The van der Waals surface area contributed by atoms with Crippen LogP contribution in [0.1, 0.15) is 126 Å². The summed E-state index contributed by atoms with van der Waals surface area (Å²) in [6.45, 7) is 7.37. The van der Waals surface area contributed by atoms with Gasteiger partial charge in [-0.3, -0.25) is 4.21 Å². The molecule has 0 N–H and O–H groups in total. The molecule has 3 rings (SSSR count). The summed E-state index contributed by atoms with van der Waals surface area (Å²) in [5.41, 5.74) is 7.71. The van der Waals surface area contributed by atoms with E-state index in [0.717, 1.165) is 49.5 Å². The van der Waals surface area contributed by atoms with Crippen molar-refractivity contribution < 1.29 is 8.95 Å². The third-order valence-corrected chi connectivity index (χ3v) is 9.76. The van der Waals surface area contributed by atoms with Crippen LogP contribution in [0.4, 0.5) is 0 Å². The Morgan fingerprint density at radius 1 is 0.581 bits per heavy atom. The van der Waals surface area contributed by atoms with E-state index in [4.69, 9.17) is 4.74 Å². The first-order valence-corrected chi connectivity index (χ1v) is 18.5. The Morgan fingerprint density at radius 2 is 1.09 bits per heavy atom. The lowest BCUT2D eigenvalue weighted by Gasteiger charge is -2.17. The molecule has 234 valence electrons. The molecule has 0 aromatic heterocycles. The zero-order valence-electron chi connectivity index (χ0n) is 27.3. The van der Waals surface area contributed by atoms with Crippen molar-refractivity contribution in [2.75, 3.05) is 18.1 Å². The van der Waals surface area contributed by atoms with Crippen LogP contribution in [-0.4, -0.2) is 22.3 Å². The Bertz CT molecular complexity index is 1200. The molecule has 0 saturated heterocycles. The van der Waals surface area contributed by atoms with Gasteiger partial charge in [0.25, 0.3) is 0 Å². The first kappa shape index (κ1) is 34.8. The summed E-state index contributed by atoms with van der Waals surface area (Å²) in [6.07, 6.45) is 17.2. The molecular weight excluding hydrogens is 545 g/mol. The van der Waals surface area contributed by atoms with Crippen LogP contribution in [0, 0.1) is 6.92 Å². The van der Waals surface area contributed by atoms with Crippen LogP contribution in [0.5, 0.6) is 5.75 Å². The number of hydrogen-bond acceptors (Lipinski definition) is 2. The van der Waals surface area contributed by atoms with E-state index < -0.39 is 10.8 Å². The summed E-state index contributed by atoms with van der Waals surface area (Å²) in [6, 6.07) is 28.4. The SMILES string of the molecule is CCCCCS(=O)CCCCCCCCCCCCOc1ccc(/C(=C(/CC)c2ccccc2)c2ccc(C)cc2)cc1. The molecule has 0 fully saturated rings. The van der Waals surface area contributed by atoms with Gasteiger partial charge in [0, 0.05) is 22.3 Å². The highest BCUT2D eigenvalue weighted by atomic mass is 32.2. The number of rotatable bonds is 22. The number of unbranched alkanes of at least 4 members (excludes halogenated alkanes) is 11. The summed E-state index contributed by atoms with van der Waals surface area (Å²) in [5, 5.41) is 0. The van der Waals surface area contributed by atoms with Gasteiger partial charge in [-0.1, -0.05) is 150 Å². The Labute approximate surface area is 265 Å². The first-order valence-electron chi connectivity index (χ1n) is 17.1. The lowest BCUT2D eigenvalue weighted by Crippen LogP contribution is -2.02. The monoisotopic (exact) mass is 600 g/mol. The van der Waals surface area contributed by atoms with Crippen molar-refractivity contribution in [1.82, 2.24) is 0 Å². The van der Waals surface area contributed by atoms with E-state index in [2.05, 4.69) is 99.6 Å². The fourth-order valence-electron chi connectivity index (χ4n) is 5.70. The lowest BCUT2D eigenvalue weighted by atomic mass is 9.88. The molecule has 43 heavy (non-hydrogen) atoms. The highest BCUT2D eigenvalue weighted by Crippen LogP contribution is 2.35. The van der Waals surface area contributed by atoms with Gasteiger partial charge in [0.15, 0.2) is 0 Å². The molecule has 0 saturated carbocycles. The second kappa shape index (κ2) is 21.1. The van der Waals surface area contributed by atoms with Crippen LogP contribution in [0.2, 0.25) is 0 Å². The molecule has 2 nitrogen and oxygen atoms in total. The van der Waals surface area contributed by atoms with E-state index >= 15 is 0 Å². The Hall–Kier alpha value is -2.65. The standard InChI is InChI=1S/C40H56O2S/c1-4-6-19-32-43(41)33-20-14-12-10-8-7-9-11-13-18-31-42-38-29-27-37(28-30-38)40(36-25-23-34(3)24-26-36)39(5-2)35-21-16-15-17-22-35/h15-17,21-30H,4-14,18-20,31-33H2,1-3H3/b40-39-. The van der Waals surface area contributed by atoms with Crippen LogP contribution >= 0.6 is 0 Å². The Balaban J connectivity index is 1.35. The van der Waals surface area contributed by atoms with Gasteiger partial charge in [0.2, 0.25) is 0 Å². The summed E-state index contributed by atoms with van der Waals surface area (Å²) in [4.78, 5) is 0. The maximum atomic E-state index is 12.0. The topological polar surface area (TPSA) is 26.3 Å². The van der Waals surface area contributed by atoms with Gasteiger partial charge in [-0.15, -0.1) is 0 Å². The van der Waals surface area contributed by atoms with E-state index in [1.165, 1.54) is 97.6 Å². The first-order chi connectivity index (χ1) is 21.1. The van der Waals surface area contributed by atoms with Crippen LogP contribution in [0.25, 0.3) is 11.1 Å². The molecular formula is C40H56O2S. The zero-order valence-corrected chi connectivity index (χ0v) is 28.1. The minimum Gasteiger partial charge on any atom is -0.494 e. The predicted octanol–water partition coefficient (Wildman–Crippen LogP) is 11.6. The number of allylic oxidation sites excluding steroid dienone is 1. The molecule has 0 bridgehead atoms. The minimum absolute atomic E-state index is 0.581. The molecule has 0 spiro atoms. The summed E-state index contributed by atoms with van der Waals surface area (Å²) < 4.78 is 18.1. The maximum absolute atomic E-state index is 12.0. The molecule has 3 aromatic rings. The molecule has 0 aliphatic rings. The van der Waals surface area contributed by atoms with E-state index in [1.54, 1.807) is 0 Å². The quantitative estimate of drug-likeness (QED) is 0.0847. The Morgan fingerprint density at radius 3 is 1.65 bits per heavy atom. The fraction of sp³-hybridized carbons (Fsp3) is 0.500. The zero-order chi connectivity index (χ0) is 30.5. The maximum Gasteiger partial charge on any atom is 0.119 e. The van der Waals surface area contributed by atoms with Crippen molar-refractivity contribution in [2.45, 2.75) is 111 Å². The third kappa shape index (κ3) is 13.3. The highest BCUT2D eigenvalue weighted by molar-refractivity contribution is 7.84. The van der Waals surface area contributed by atoms with Gasteiger partial charge in [0.05, 0.1) is 6.61 Å². The van der Waals surface area contributed by atoms with Gasteiger partial charge in [0.1, 0.15) is 5.75 Å². The van der Waals surface area contributed by atoms with Gasteiger partial charge in [-0.25, -0.2) is 0 Å². The van der Waals surface area contributed by atoms with Gasteiger partial charge in [-0.2, -0.15) is 0 Å². The normalized spacial score (nSPS) is 12.6. The number of hydrogen-bond donors (Lipinski definition) is 0. The van der Waals surface area contributed by atoms with Crippen LogP contribution in [-0.2, 0) is 10.8 Å².